The van der Waals surface area contributed by atoms with Crippen molar-refractivity contribution in [1.82, 2.24) is 0 Å². The number of nitriles is 1. The lowest BCUT2D eigenvalue weighted by molar-refractivity contribution is 0.497. The summed E-state index contributed by atoms with van der Waals surface area (Å²) in [6, 6.07) is 2.50. The maximum absolute atomic E-state index is 8.47. The molecule has 0 aliphatic carbocycles. The summed E-state index contributed by atoms with van der Waals surface area (Å²) >= 11 is 0. The highest BCUT2D eigenvalue weighted by Gasteiger charge is 2.01. The molecular formula is C18H36N2. The molecule has 2 nitrogen and oxygen atoms in total. The van der Waals surface area contributed by atoms with Crippen LogP contribution in [0.3, 0.4) is 0 Å². The van der Waals surface area contributed by atoms with E-state index in [9.17, 15) is 0 Å². The number of hydrogen-bond acceptors (Lipinski definition) is 2. The Labute approximate surface area is 127 Å². The third kappa shape index (κ3) is 15.5. The quantitative estimate of drug-likeness (QED) is 0.391. The SMILES string of the molecule is CCCCCCCCCCCCCC(N)CCCC#N. The van der Waals surface area contributed by atoms with Crippen LogP contribution in [0.15, 0.2) is 0 Å². The number of hydrogen-bond donors (Lipinski definition) is 1. The molecule has 1 atom stereocenters. The van der Waals surface area contributed by atoms with Gasteiger partial charge in [-0.25, -0.2) is 0 Å². The van der Waals surface area contributed by atoms with Crippen LogP contribution >= 0.6 is 0 Å². The van der Waals surface area contributed by atoms with Crippen molar-refractivity contribution in [2.45, 2.75) is 109 Å². The van der Waals surface area contributed by atoms with E-state index in [-0.39, 0.29) is 0 Å². The summed E-state index contributed by atoms with van der Waals surface area (Å²) in [4.78, 5) is 0. The summed E-state index contributed by atoms with van der Waals surface area (Å²) in [6.45, 7) is 2.27. The summed E-state index contributed by atoms with van der Waals surface area (Å²) in [5.41, 5.74) is 6.03. The Bertz CT molecular complexity index is 220. The molecule has 0 spiro atoms. The van der Waals surface area contributed by atoms with E-state index in [2.05, 4.69) is 13.0 Å². The first-order valence-corrected chi connectivity index (χ1v) is 8.93. The fourth-order valence-corrected chi connectivity index (χ4v) is 2.66. The van der Waals surface area contributed by atoms with Gasteiger partial charge in [0.1, 0.15) is 0 Å². The largest absolute Gasteiger partial charge is 0.328 e. The maximum atomic E-state index is 8.47. The van der Waals surface area contributed by atoms with Crippen LogP contribution in [0, 0.1) is 11.3 Å². The molecule has 0 aromatic rings. The molecule has 2 N–H and O–H groups in total. The lowest BCUT2D eigenvalue weighted by Crippen LogP contribution is -2.19. The zero-order valence-electron chi connectivity index (χ0n) is 13.7. The number of nitrogens with zero attached hydrogens (tertiary/aromatic N) is 1. The van der Waals surface area contributed by atoms with Gasteiger partial charge >= 0.3 is 0 Å². The van der Waals surface area contributed by atoms with E-state index in [1.807, 2.05) is 0 Å². The molecule has 0 rings (SSSR count). The molecule has 2 heteroatoms. The normalized spacial score (nSPS) is 12.2. The minimum absolute atomic E-state index is 0.321. The second-order valence-corrected chi connectivity index (χ2v) is 6.13. The maximum Gasteiger partial charge on any atom is 0.0621 e. The van der Waals surface area contributed by atoms with Crippen LogP contribution in [0.2, 0.25) is 0 Å². The highest BCUT2D eigenvalue weighted by atomic mass is 14.6. The van der Waals surface area contributed by atoms with E-state index >= 15 is 0 Å². The van der Waals surface area contributed by atoms with Crippen LogP contribution in [-0.4, -0.2) is 6.04 Å². The topological polar surface area (TPSA) is 49.8 Å². The van der Waals surface area contributed by atoms with Crippen LogP contribution < -0.4 is 5.73 Å². The molecule has 0 aliphatic rings. The molecule has 0 heterocycles. The third-order valence-corrected chi connectivity index (χ3v) is 4.04. The number of rotatable bonds is 15. The third-order valence-electron chi connectivity index (χ3n) is 4.04. The van der Waals surface area contributed by atoms with Crippen molar-refractivity contribution in [1.29, 1.82) is 5.26 Å². The van der Waals surface area contributed by atoms with Gasteiger partial charge in [0.05, 0.1) is 6.07 Å². The molecule has 0 amide bonds. The zero-order valence-corrected chi connectivity index (χ0v) is 13.7. The molecule has 20 heavy (non-hydrogen) atoms. The first-order chi connectivity index (χ1) is 9.81. The molecule has 0 aromatic heterocycles. The van der Waals surface area contributed by atoms with Crippen molar-refractivity contribution in [2.75, 3.05) is 0 Å². The Hall–Kier alpha value is -0.550. The van der Waals surface area contributed by atoms with Crippen molar-refractivity contribution in [3.05, 3.63) is 0 Å². The average Bonchev–Trinajstić information content (AvgIpc) is 2.45. The van der Waals surface area contributed by atoms with Gasteiger partial charge in [0, 0.05) is 12.5 Å². The average molecular weight is 280 g/mol. The van der Waals surface area contributed by atoms with E-state index < -0.39 is 0 Å². The highest BCUT2D eigenvalue weighted by Crippen LogP contribution is 2.13. The molecule has 0 saturated heterocycles. The summed E-state index contributed by atoms with van der Waals surface area (Å²) in [5, 5.41) is 8.47. The zero-order chi connectivity index (χ0) is 14.9. The fraction of sp³-hybridized carbons (Fsp3) is 0.944. The van der Waals surface area contributed by atoms with E-state index in [0.29, 0.717) is 12.5 Å². The molecule has 0 aromatic carbocycles. The van der Waals surface area contributed by atoms with Crippen molar-refractivity contribution in [3.63, 3.8) is 0 Å². The molecule has 0 saturated carbocycles. The predicted octanol–water partition coefficient (Wildman–Crippen LogP) is 5.71. The standard InChI is InChI=1S/C18H36N2/c1-2-3-4-5-6-7-8-9-10-11-12-15-18(20)16-13-14-17-19/h18H,2-16,20H2,1H3. The summed E-state index contributed by atoms with van der Waals surface area (Å²) < 4.78 is 0. The second-order valence-electron chi connectivity index (χ2n) is 6.13. The van der Waals surface area contributed by atoms with Crippen LogP contribution in [0.25, 0.3) is 0 Å². The lowest BCUT2D eigenvalue weighted by Gasteiger charge is -2.09. The Morgan fingerprint density at radius 1 is 0.750 bits per heavy atom. The number of nitrogens with two attached hydrogens (primary N) is 1. The van der Waals surface area contributed by atoms with Gasteiger partial charge in [-0.15, -0.1) is 0 Å². The summed E-state index contributed by atoms with van der Waals surface area (Å²) in [6.07, 6.45) is 19.1. The van der Waals surface area contributed by atoms with Gasteiger partial charge in [0.15, 0.2) is 0 Å². The Morgan fingerprint density at radius 3 is 1.70 bits per heavy atom. The van der Waals surface area contributed by atoms with Gasteiger partial charge in [-0.1, -0.05) is 77.6 Å². The summed E-state index contributed by atoms with van der Waals surface area (Å²) in [5.74, 6) is 0. The van der Waals surface area contributed by atoms with Gasteiger partial charge in [-0.2, -0.15) is 5.26 Å². The fourth-order valence-electron chi connectivity index (χ4n) is 2.66. The molecule has 1 unspecified atom stereocenters. The van der Waals surface area contributed by atoms with Crippen LogP contribution in [0.5, 0.6) is 0 Å². The van der Waals surface area contributed by atoms with Crippen molar-refractivity contribution < 1.29 is 0 Å². The van der Waals surface area contributed by atoms with Crippen LogP contribution in [-0.2, 0) is 0 Å². The molecule has 0 aliphatic heterocycles. The van der Waals surface area contributed by atoms with E-state index in [4.69, 9.17) is 11.0 Å². The van der Waals surface area contributed by atoms with Crippen LogP contribution in [0.4, 0.5) is 0 Å². The van der Waals surface area contributed by atoms with Gasteiger partial charge in [-0.05, 0) is 19.3 Å². The Kier molecular flexibility index (Phi) is 16.1. The first-order valence-electron chi connectivity index (χ1n) is 8.93. The van der Waals surface area contributed by atoms with E-state index in [1.54, 1.807) is 0 Å². The summed E-state index contributed by atoms with van der Waals surface area (Å²) in [7, 11) is 0. The van der Waals surface area contributed by atoms with Crippen molar-refractivity contribution >= 4 is 0 Å². The smallest absolute Gasteiger partial charge is 0.0621 e. The molecular weight excluding hydrogens is 244 g/mol. The number of unbranched alkanes of at least 4 members (excludes halogenated alkanes) is 11. The lowest BCUT2D eigenvalue weighted by atomic mass is 10.0. The van der Waals surface area contributed by atoms with Gasteiger partial charge in [0.25, 0.3) is 0 Å². The molecule has 0 bridgehead atoms. The van der Waals surface area contributed by atoms with Crippen molar-refractivity contribution in [3.8, 4) is 6.07 Å². The van der Waals surface area contributed by atoms with E-state index in [0.717, 1.165) is 19.3 Å². The minimum atomic E-state index is 0.321. The Balaban J connectivity index is 3.07. The Morgan fingerprint density at radius 2 is 1.20 bits per heavy atom. The molecule has 118 valence electrons. The van der Waals surface area contributed by atoms with Gasteiger partial charge < -0.3 is 5.73 Å². The molecule has 0 fully saturated rings. The van der Waals surface area contributed by atoms with Gasteiger partial charge in [-0.3, -0.25) is 0 Å². The monoisotopic (exact) mass is 280 g/mol. The molecule has 0 radical (unpaired) electrons. The van der Waals surface area contributed by atoms with Gasteiger partial charge in [0.2, 0.25) is 0 Å². The predicted molar refractivity (Wildman–Crippen MR) is 88.5 cm³/mol. The van der Waals surface area contributed by atoms with Crippen LogP contribution in [0.1, 0.15) is 103 Å². The highest BCUT2D eigenvalue weighted by molar-refractivity contribution is 4.71. The first kappa shape index (κ1) is 19.4. The van der Waals surface area contributed by atoms with Crippen molar-refractivity contribution in [2.24, 2.45) is 5.73 Å². The second kappa shape index (κ2) is 16.5. The minimum Gasteiger partial charge on any atom is -0.328 e. The van der Waals surface area contributed by atoms with E-state index in [1.165, 1.54) is 70.6 Å².